The molecule has 2 aromatic heterocycles. The van der Waals surface area contributed by atoms with Crippen LogP contribution in [0, 0.1) is 6.92 Å². The van der Waals surface area contributed by atoms with Gasteiger partial charge in [-0.05, 0) is 47.3 Å². The average molecular weight is 314 g/mol. The molecule has 88 valence electrons. The Morgan fingerprint density at radius 3 is 2.88 bits per heavy atom. The van der Waals surface area contributed by atoms with Crippen molar-refractivity contribution < 1.29 is 0 Å². The molecule has 2 heterocycles. The molecule has 1 aliphatic carbocycles. The third-order valence-electron chi connectivity index (χ3n) is 3.16. The van der Waals surface area contributed by atoms with Crippen molar-refractivity contribution in [2.75, 3.05) is 0 Å². The minimum absolute atomic E-state index is 0.0276. The van der Waals surface area contributed by atoms with Crippen LogP contribution in [0.4, 0.5) is 0 Å². The number of nitrogens with zero attached hydrogens (tertiary/aromatic N) is 2. The highest BCUT2D eigenvalue weighted by atomic mass is 79.9. The second kappa shape index (κ2) is 3.82. The lowest BCUT2D eigenvalue weighted by molar-refractivity contribution is 0.733. The molecule has 1 fully saturated rings. The Kier molecular flexibility index (Phi) is 2.52. The van der Waals surface area contributed by atoms with Crippen molar-refractivity contribution >= 4 is 38.4 Å². The fourth-order valence-electron chi connectivity index (χ4n) is 2.10. The number of aryl methyl sites for hydroxylation is 1. The van der Waals surface area contributed by atoms with Crippen LogP contribution in [0.15, 0.2) is 21.5 Å². The van der Waals surface area contributed by atoms with Crippen molar-refractivity contribution in [3.8, 4) is 0 Å². The Labute approximate surface area is 112 Å². The van der Waals surface area contributed by atoms with E-state index in [1.54, 1.807) is 12.3 Å². The van der Waals surface area contributed by atoms with Crippen LogP contribution >= 0.6 is 27.5 Å². The molecule has 0 aliphatic heterocycles. The van der Waals surface area contributed by atoms with Gasteiger partial charge in [-0.25, -0.2) is 4.98 Å². The van der Waals surface area contributed by atoms with Crippen molar-refractivity contribution in [3.05, 3.63) is 37.8 Å². The van der Waals surface area contributed by atoms with Crippen LogP contribution < -0.4 is 5.56 Å². The van der Waals surface area contributed by atoms with E-state index in [-0.39, 0.29) is 5.56 Å². The van der Waals surface area contributed by atoms with Crippen molar-refractivity contribution in [1.82, 2.24) is 9.55 Å². The van der Waals surface area contributed by atoms with E-state index >= 15 is 0 Å². The highest BCUT2D eigenvalue weighted by Crippen LogP contribution is 2.37. The Morgan fingerprint density at radius 1 is 1.53 bits per heavy atom. The zero-order chi connectivity index (χ0) is 12.2. The van der Waals surface area contributed by atoms with Gasteiger partial charge in [-0.1, -0.05) is 11.6 Å². The van der Waals surface area contributed by atoms with Gasteiger partial charge in [-0.3, -0.25) is 4.79 Å². The predicted molar refractivity (Wildman–Crippen MR) is 71.7 cm³/mol. The number of hydrogen-bond donors (Lipinski definition) is 0. The molecule has 1 saturated carbocycles. The van der Waals surface area contributed by atoms with E-state index < -0.39 is 0 Å². The summed E-state index contributed by atoms with van der Waals surface area (Å²) in [5.41, 5.74) is 1.84. The van der Waals surface area contributed by atoms with E-state index in [2.05, 4.69) is 20.9 Å². The summed E-state index contributed by atoms with van der Waals surface area (Å²) >= 11 is 9.29. The Hall–Kier alpha value is -0.870. The van der Waals surface area contributed by atoms with Crippen LogP contribution in [-0.2, 0) is 0 Å². The molecule has 0 N–H and O–H groups in total. The molecule has 0 unspecified atom stereocenters. The van der Waals surface area contributed by atoms with Gasteiger partial charge in [0.1, 0.15) is 5.15 Å². The maximum absolute atomic E-state index is 12.2. The van der Waals surface area contributed by atoms with Crippen LogP contribution in [-0.4, -0.2) is 9.55 Å². The van der Waals surface area contributed by atoms with Gasteiger partial charge < -0.3 is 4.57 Å². The van der Waals surface area contributed by atoms with E-state index in [9.17, 15) is 4.79 Å². The minimum atomic E-state index is 0.0276. The van der Waals surface area contributed by atoms with E-state index in [1.807, 2.05) is 11.5 Å². The largest absolute Gasteiger partial charge is 0.304 e. The first-order valence-electron chi connectivity index (χ1n) is 5.45. The zero-order valence-corrected chi connectivity index (χ0v) is 11.5. The fraction of sp³-hybridized carbons (Fsp3) is 0.333. The maximum Gasteiger partial charge on any atom is 0.265 e. The molecule has 3 rings (SSSR count). The van der Waals surface area contributed by atoms with Crippen LogP contribution in [0.2, 0.25) is 5.15 Å². The number of hydrogen-bond acceptors (Lipinski definition) is 2. The van der Waals surface area contributed by atoms with Crippen LogP contribution in [0.5, 0.6) is 0 Å². The van der Waals surface area contributed by atoms with E-state index in [0.29, 0.717) is 15.7 Å². The highest BCUT2D eigenvalue weighted by molar-refractivity contribution is 9.10. The number of rotatable bonds is 1. The predicted octanol–water partition coefficient (Wildman–Crippen LogP) is 3.46. The van der Waals surface area contributed by atoms with Crippen molar-refractivity contribution in [2.45, 2.75) is 25.8 Å². The van der Waals surface area contributed by atoms with Crippen molar-refractivity contribution in [3.63, 3.8) is 0 Å². The summed E-state index contributed by atoms with van der Waals surface area (Å²) in [4.78, 5) is 16.3. The SMILES string of the molecule is Cc1c(Br)c(=O)n(C2CC2)c2cc(Cl)ncc12. The average Bonchev–Trinajstić information content (AvgIpc) is 3.10. The molecule has 0 bridgehead atoms. The normalized spacial score (nSPS) is 15.5. The quantitative estimate of drug-likeness (QED) is 0.756. The molecule has 17 heavy (non-hydrogen) atoms. The smallest absolute Gasteiger partial charge is 0.265 e. The zero-order valence-electron chi connectivity index (χ0n) is 9.20. The fourth-order valence-corrected chi connectivity index (χ4v) is 2.65. The second-order valence-corrected chi connectivity index (χ2v) is 5.55. The van der Waals surface area contributed by atoms with E-state index in [0.717, 1.165) is 29.3 Å². The number of aromatic nitrogens is 2. The molecule has 0 amide bonds. The first-order chi connectivity index (χ1) is 8.09. The standard InChI is InChI=1S/C12H10BrClN2O/c1-6-8-5-15-10(14)4-9(8)16(7-2-3-7)12(17)11(6)13/h4-5,7H,2-3H2,1H3. The first kappa shape index (κ1) is 11.2. The third kappa shape index (κ3) is 1.70. The second-order valence-electron chi connectivity index (χ2n) is 4.37. The summed E-state index contributed by atoms with van der Waals surface area (Å²) < 4.78 is 2.46. The van der Waals surface area contributed by atoms with Crippen LogP contribution in [0.25, 0.3) is 10.9 Å². The molecule has 0 spiro atoms. The number of halogens is 2. The van der Waals surface area contributed by atoms with Gasteiger partial charge in [0.25, 0.3) is 5.56 Å². The molecule has 1 aliphatic rings. The Morgan fingerprint density at radius 2 is 2.24 bits per heavy atom. The summed E-state index contributed by atoms with van der Waals surface area (Å²) in [6.45, 7) is 1.92. The molecule has 0 saturated heterocycles. The summed E-state index contributed by atoms with van der Waals surface area (Å²) in [7, 11) is 0. The monoisotopic (exact) mass is 312 g/mol. The lowest BCUT2D eigenvalue weighted by Crippen LogP contribution is -2.21. The molecule has 0 atom stereocenters. The third-order valence-corrected chi connectivity index (χ3v) is 4.30. The van der Waals surface area contributed by atoms with Crippen molar-refractivity contribution in [1.29, 1.82) is 0 Å². The summed E-state index contributed by atoms with van der Waals surface area (Å²) in [6, 6.07) is 2.09. The number of fused-ring (bicyclic) bond motifs is 1. The summed E-state index contributed by atoms with van der Waals surface area (Å²) in [5.74, 6) is 0. The van der Waals surface area contributed by atoms with Gasteiger partial charge in [0, 0.05) is 17.6 Å². The lowest BCUT2D eigenvalue weighted by atomic mass is 10.1. The van der Waals surface area contributed by atoms with Gasteiger partial charge in [0.05, 0.1) is 9.99 Å². The van der Waals surface area contributed by atoms with E-state index in [4.69, 9.17) is 11.6 Å². The lowest BCUT2D eigenvalue weighted by Gasteiger charge is -2.12. The topological polar surface area (TPSA) is 34.9 Å². The number of pyridine rings is 2. The molecular formula is C12H10BrClN2O. The van der Waals surface area contributed by atoms with Crippen molar-refractivity contribution in [2.24, 2.45) is 0 Å². The Balaban J connectivity index is 2.51. The molecule has 0 aromatic carbocycles. The maximum atomic E-state index is 12.2. The highest BCUT2D eigenvalue weighted by Gasteiger charge is 2.27. The van der Waals surface area contributed by atoms with Gasteiger partial charge in [0.2, 0.25) is 0 Å². The summed E-state index contributed by atoms with van der Waals surface area (Å²) in [6.07, 6.45) is 3.85. The molecular weight excluding hydrogens is 304 g/mol. The van der Waals surface area contributed by atoms with Gasteiger partial charge in [-0.2, -0.15) is 0 Å². The van der Waals surface area contributed by atoms with E-state index in [1.165, 1.54) is 0 Å². The Bertz CT molecular complexity index is 676. The van der Waals surface area contributed by atoms with Crippen LogP contribution in [0.3, 0.4) is 0 Å². The minimum Gasteiger partial charge on any atom is -0.304 e. The first-order valence-corrected chi connectivity index (χ1v) is 6.62. The molecule has 3 nitrogen and oxygen atoms in total. The summed E-state index contributed by atoms with van der Waals surface area (Å²) in [5, 5.41) is 1.40. The molecule has 2 aromatic rings. The molecule has 5 heteroatoms. The van der Waals surface area contributed by atoms with Crippen LogP contribution in [0.1, 0.15) is 24.4 Å². The molecule has 0 radical (unpaired) electrons. The van der Waals surface area contributed by atoms with Gasteiger partial charge >= 0.3 is 0 Å². The van der Waals surface area contributed by atoms with Gasteiger partial charge in [-0.15, -0.1) is 0 Å². The van der Waals surface area contributed by atoms with Gasteiger partial charge in [0.15, 0.2) is 0 Å².